The largest absolute Gasteiger partial charge is 0.465 e. The summed E-state index contributed by atoms with van der Waals surface area (Å²) < 4.78 is 11.5. The number of carbonyl (C=O) groups excluding carboxylic acids is 3. The minimum atomic E-state index is -0.0115. The summed E-state index contributed by atoms with van der Waals surface area (Å²) in [6.45, 7) is 15.3. The molecule has 386 valence electrons. The number of ether oxygens (including phenoxy) is 2. The van der Waals surface area contributed by atoms with Crippen LogP contribution in [0, 0.1) is 17.8 Å². The van der Waals surface area contributed by atoms with E-state index in [2.05, 4.69) is 58.5 Å². The molecule has 0 aliphatic rings. The molecule has 65 heavy (non-hydrogen) atoms. The zero-order valence-corrected chi connectivity index (χ0v) is 45.0. The van der Waals surface area contributed by atoms with Crippen LogP contribution < -0.4 is 0 Å². The number of carbonyl (C=O) groups is 3. The number of rotatable bonds is 51. The van der Waals surface area contributed by atoms with Crippen LogP contribution in [-0.2, 0) is 23.9 Å². The van der Waals surface area contributed by atoms with Crippen molar-refractivity contribution >= 4 is 17.8 Å². The zero-order chi connectivity index (χ0) is 47.9. The minimum Gasteiger partial charge on any atom is -0.465 e. The molecule has 0 aromatic rings. The summed E-state index contributed by atoms with van der Waals surface area (Å²) in [5.74, 6) is 1.54. The molecule has 0 rings (SSSR count). The standard InChI is InChI=1S/C58H114N2O5/c1-8-13-18-21-26-31-38-49-60(50-39-48-59(6)7)58(63)55(44-34-27-22-24-29-36-46-56(61)64-51-53(40-16-11-4)42-32-19-14-9-2)45-35-28-23-25-30-37-47-57(62)65-52-54(41-17-12-5)43-33-20-15-10-3/h53-55H,8-52H2,1-7H3. The van der Waals surface area contributed by atoms with Gasteiger partial charge in [-0.05, 0) is 96.7 Å². The van der Waals surface area contributed by atoms with E-state index in [1.807, 2.05) is 0 Å². The highest BCUT2D eigenvalue weighted by Gasteiger charge is 2.24. The maximum absolute atomic E-state index is 14.3. The molecule has 1 amide bonds. The van der Waals surface area contributed by atoms with Crippen LogP contribution in [0.5, 0.6) is 0 Å². The summed E-state index contributed by atoms with van der Waals surface area (Å²) in [6, 6.07) is 0. The van der Waals surface area contributed by atoms with E-state index in [0.717, 1.165) is 110 Å². The lowest BCUT2D eigenvalue weighted by Crippen LogP contribution is -2.38. The predicted molar refractivity (Wildman–Crippen MR) is 281 cm³/mol. The molecule has 7 nitrogen and oxygen atoms in total. The second-order valence-corrected chi connectivity index (χ2v) is 20.7. The van der Waals surface area contributed by atoms with Gasteiger partial charge in [0.15, 0.2) is 0 Å². The van der Waals surface area contributed by atoms with Gasteiger partial charge in [0.1, 0.15) is 0 Å². The van der Waals surface area contributed by atoms with Gasteiger partial charge in [0.05, 0.1) is 13.2 Å². The average molecular weight is 920 g/mol. The Morgan fingerprint density at radius 2 is 0.677 bits per heavy atom. The van der Waals surface area contributed by atoms with Crippen molar-refractivity contribution < 1.29 is 23.9 Å². The Morgan fingerprint density at radius 1 is 0.354 bits per heavy atom. The molecule has 0 fully saturated rings. The maximum atomic E-state index is 14.3. The van der Waals surface area contributed by atoms with Gasteiger partial charge in [0, 0.05) is 31.8 Å². The highest BCUT2D eigenvalue weighted by Crippen LogP contribution is 2.24. The van der Waals surface area contributed by atoms with E-state index in [1.165, 1.54) is 154 Å². The summed E-state index contributed by atoms with van der Waals surface area (Å²) in [6.07, 6.45) is 45.9. The van der Waals surface area contributed by atoms with Gasteiger partial charge in [-0.3, -0.25) is 14.4 Å². The van der Waals surface area contributed by atoms with E-state index >= 15 is 0 Å². The number of esters is 2. The van der Waals surface area contributed by atoms with Crippen molar-refractivity contribution in [2.24, 2.45) is 17.8 Å². The third-order valence-corrected chi connectivity index (χ3v) is 13.9. The third kappa shape index (κ3) is 42.2. The van der Waals surface area contributed by atoms with Gasteiger partial charge >= 0.3 is 11.9 Å². The first kappa shape index (κ1) is 63.4. The van der Waals surface area contributed by atoms with Gasteiger partial charge < -0.3 is 19.3 Å². The molecule has 0 aromatic heterocycles. The molecule has 7 heteroatoms. The summed E-state index contributed by atoms with van der Waals surface area (Å²) in [4.78, 5) is 44.0. The molecule has 2 unspecified atom stereocenters. The highest BCUT2D eigenvalue weighted by atomic mass is 16.5. The SMILES string of the molecule is CCCCCCCCCN(CCCN(C)C)C(=O)C(CCCCCCCCC(=O)OCC(CCCC)CCCCCC)CCCCCCCCC(=O)OCC(CCCC)CCCCCC. The van der Waals surface area contributed by atoms with Gasteiger partial charge in [0.25, 0.3) is 0 Å². The molecule has 0 bridgehead atoms. The Hall–Kier alpha value is -1.63. The topological polar surface area (TPSA) is 76.2 Å². The summed E-state index contributed by atoms with van der Waals surface area (Å²) in [5.41, 5.74) is 0. The number of nitrogens with zero attached hydrogens (tertiary/aromatic N) is 2. The van der Waals surface area contributed by atoms with Crippen LogP contribution in [0.2, 0.25) is 0 Å². The van der Waals surface area contributed by atoms with Gasteiger partial charge in [0.2, 0.25) is 5.91 Å². The first-order valence-electron chi connectivity index (χ1n) is 29.0. The molecule has 0 heterocycles. The normalized spacial score (nSPS) is 13.0. The monoisotopic (exact) mass is 919 g/mol. The Labute approximate surface area is 406 Å². The molecule has 0 radical (unpaired) electrons. The lowest BCUT2D eigenvalue weighted by atomic mass is 9.92. The highest BCUT2D eigenvalue weighted by molar-refractivity contribution is 5.78. The van der Waals surface area contributed by atoms with Crippen LogP contribution in [-0.4, -0.2) is 74.6 Å². The van der Waals surface area contributed by atoms with Crippen molar-refractivity contribution in [1.82, 2.24) is 9.80 Å². The van der Waals surface area contributed by atoms with Crippen molar-refractivity contribution in [3.63, 3.8) is 0 Å². The van der Waals surface area contributed by atoms with Crippen molar-refractivity contribution in [3.05, 3.63) is 0 Å². The number of hydrogen-bond donors (Lipinski definition) is 0. The molecule has 0 saturated carbocycles. The fourth-order valence-corrected chi connectivity index (χ4v) is 9.45. The van der Waals surface area contributed by atoms with Crippen LogP contribution in [0.15, 0.2) is 0 Å². The van der Waals surface area contributed by atoms with E-state index < -0.39 is 0 Å². The van der Waals surface area contributed by atoms with Crippen molar-refractivity contribution in [2.75, 3.05) is 46.9 Å². The average Bonchev–Trinajstić information content (AvgIpc) is 3.30. The molecule has 0 spiro atoms. The summed E-state index contributed by atoms with van der Waals surface area (Å²) in [7, 11) is 4.26. The fourth-order valence-electron chi connectivity index (χ4n) is 9.45. The molecule has 0 aromatic carbocycles. The van der Waals surface area contributed by atoms with Gasteiger partial charge in [-0.2, -0.15) is 0 Å². The van der Waals surface area contributed by atoms with Gasteiger partial charge in [-0.15, -0.1) is 0 Å². The first-order valence-corrected chi connectivity index (χ1v) is 29.0. The van der Waals surface area contributed by atoms with Gasteiger partial charge in [-0.25, -0.2) is 0 Å². The molecular formula is C58H114N2O5. The van der Waals surface area contributed by atoms with E-state index in [4.69, 9.17) is 9.47 Å². The third-order valence-electron chi connectivity index (χ3n) is 13.9. The van der Waals surface area contributed by atoms with Crippen molar-refractivity contribution in [3.8, 4) is 0 Å². The second-order valence-electron chi connectivity index (χ2n) is 20.7. The van der Waals surface area contributed by atoms with Crippen molar-refractivity contribution in [1.29, 1.82) is 0 Å². The van der Waals surface area contributed by atoms with Crippen molar-refractivity contribution in [2.45, 2.75) is 291 Å². The Bertz CT molecular complexity index is 980. The van der Waals surface area contributed by atoms with Crippen LogP contribution in [0.1, 0.15) is 291 Å². The Morgan fingerprint density at radius 3 is 1.09 bits per heavy atom. The number of hydrogen-bond acceptors (Lipinski definition) is 6. The molecule has 2 atom stereocenters. The molecular weight excluding hydrogens is 805 g/mol. The molecule has 0 N–H and O–H groups in total. The fraction of sp³-hybridized carbons (Fsp3) is 0.948. The van der Waals surface area contributed by atoms with E-state index in [-0.39, 0.29) is 17.9 Å². The van der Waals surface area contributed by atoms with Crippen LogP contribution in [0.4, 0.5) is 0 Å². The molecule has 0 saturated heterocycles. The molecule has 0 aliphatic carbocycles. The minimum absolute atomic E-state index is 0.0115. The van der Waals surface area contributed by atoms with Gasteiger partial charge in [-0.1, -0.05) is 214 Å². The zero-order valence-electron chi connectivity index (χ0n) is 45.0. The smallest absolute Gasteiger partial charge is 0.305 e. The van der Waals surface area contributed by atoms with Crippen LogP contribution in [0.25, 0.3) is 0 Å². The van der Waals surface area contributed by atoms with E-state index in [0.29, 0.717) is 43.8 Å². The second kappa shape index (κ2) is 48.8. The van der Waals surface area contributed by atoms with E-state index in [1.54, 1.807) is 0 Å². The molecule has 0 aliphatic heterocycles. The van der Waals surface area contributed by atoms with Crippen LogP contribution in [0.3, 0.4) is 0 Å². The quantitative estimate of drug-likeness (QED) is 0.0447. The lowest BCUT2D eigenvalue weighted by molar-refractivity contribution is -0.146. The summed E-state index contributed by atoms with van der Waals surface area (Å²) in [5, 5.41) is 0. The lowest BCUT2D eigenvalue weighted by Gasteiger charge is -2.28. The number of unbranched alkanes of at least 4 members (excludes halogenated alkanes) is 24. The predicted octanol–water partition coefficient (Wildman–Crippen LogP) is 17.0. The van der Waals surface area contributed by atoms with Crippen LogP contribution >= 0.6 is 0 Å². The summed E-state index contributed by atoms with van der Waals surface area (Å²) >= 11 is 0. The maximum Gasteiger partial charge on any atom is 0.305 e. The number of amides is 1. The first-order chi connectivity index (χ1) is 31.7. The Kier molecular flexibility index (Phi) is 47.6. The Balaban J connectivity index is 4.95. The van der Waals surface area contributed by atoms with E-state index in [9.17, 15) is 14.4 Å².